The van der Waals surface area contributed by atoms with Gasteiger partial charge < -0.3 is 0 Å². The van der Waals surface area contributed by atoms with Crippen molar-refractivity contribution in [3.05, 3.63) is 52.7 Å². The van der Waals surface area contributed by atoms with Crippen LogP contribution in [0, 0.1) is 17.1 Å². The molecule has 7 heteroatoms. The van der Waals surface area contributed by atoms with Gasteiger partial charge in [-0.05, 0) is 23.6 Å². The molecular weight excluding hydrogens is 287 g/mol. The zero-order valence-corrected chi connectivity index (χ0v) is 11.3. The number of halogens is 1. The van der Waals surface area contributed by atoms with Gasteiger partial charge in [0.1, 0.15) is 10.0 Å². The Balaban J connectivity index is 2.14. The summed E-state index contributed by atoms with van der Waals surface area (Å²) >= 11 is 1.09. The predicted octanol–water partition coefficient (Wildman–Crippen LogP) is 2.24. The zero-order chi connectivity index (χ0) is 13.9. The number of hydrogen-bond donors (Lipinski definition) is 1. The van der Waals surface area contributed by atoms with Crippen molar-refractivity contribution in [1.82, 2.24) is 4.72 Å². The molecule has 4 nitrogen and oxygen atoms in total. The molecule has 0 radical (unpaired) electrons. The topological polar surface area (TPSA) is 70.0 Å². The predicted molar refractivity (Wildman–Crippen MR) is 69.5 cm³/mol. The average Bonchev–Trinajstić information content (AvgIpc) is 2.92. The highest BCUT2D eigenvalue weighted by atomic mass is 32.2. The quantitative estimate of drug-likeness (QED) is 0.940. The van der Waals surface area contributed by atoms with Gasteiger partial charge in [-0.2, -0.15) is 5.26 Å². The number of nitrogens with one attached hydrogen (secondary N) is 1. The van der Waals surface area contributed by atoms with Crippen LogP contribution in [0.3, 0.4) is 0 Å². The van der Waals surface area contributed by atoms with Crippen molar-refractivity contribution in [2.45, 2.75) is 10.8 Å². The number of nitriles is 1. The second kappa shape index (κ2) is 5.48. The van der Waals surface area contributed by atoms with E-state index < -0.39 is 15.8 Å². The molecule has 2 aromatic rings. The first kappa shape index (κ1) is 13.7. The first-order valence-corrected chi connectivity index (χ1v) is 7.61. The fourth-order valence-electron chi connectivity index (χ4n) is 1.42. The number of hydrogen-bond acceptors (Lipinski definition) is 4. The van der Waals surface area contributed by atoms with Crippen molar-refractivity contribution in [3.63, 3.8) is 0 Å². The summed E-state index contributed by atoms with van der Waals surface area (Å²) in [5, 5.41) is 10.3. The Kier molecular flexibility index (Phi) is 3.95. The Labute approximate surface area is 114 Å². The molecule has 19 heavy (non-hydrogen) atoms. The van der Waals surface area contributed by atoms with E-state index in [9.17, 15) is 12.8 Å². The van der Waals surface area contributed by atoms with Crippen molar-refractivity contribution in [3.8, 4) is 6.07 Å². The Hall–Kier alpha value is -1.75. The summed E-state index contributed by atoms with van der Waals surface area (Å²) in [6.07, 6.45) is 0. The highest BCUT2D eigenvalue weighted by molar-refractivity contribution is 7.91. The summed E-state index contributed by atoms with van der Waals surface area (Å²) in [6.45, 7) is -0.155. The van der Waals surface area contributed by atoms with Crippen LogP contribution in [0.15, 0.2) is 39.9 Å². The summed E-state index contributed by atoms with van der Waals surface area (Å²) in [4.78, 5) is 0. The summed E-state index contributed by atoms with van der Waals surface area (Å²) in [7, 11) is -3.61. The maximum Gasteiger partial charge on any atom is 0.250 e. The molecule has 0 amide bonds. The molecule has 0 bridgehead atoms. The molecule has 1 N–H and O–H groups in total. The van der Waals surface area contributed by atoms with Crippen molar-refractivity contribution >= 4 is 21.4 Å². The zero-order valence-electron chi connectivity index (χ0n) is 9.63. The standard InChI is InChI=1S/C12H9FN2O2S2/c13-11-6-9(7-14)3-4-10(11)8-15-19(16,17)12-2-1-5-18-12/h1-6,15H,8H2. The van der Waals surface area contributed by atoms with Crippen LogP contribution in [0.5, 0.6) is 0 Å². The van der Waals surface area contributed by atoms with Crippen LogP contribution in [-0.2, 0) is 16.6 Å². The minimum atomic E-state index is -3.61. The lowest BCUT2D eigenvalue weighted by Gasteiger charge is -2.06. The summed E-state index contributed by atoms with van der Waals surface area (Å²) in [5.74, 6) is -0.604. The van der Waals surface area contributed by atoms with Crippen LogP contribution in [-0.4, -0.2) is 8.42 Å². The van der Waals surface area contributed by atoms with Crippen LogP contribution in [0.25, 0.3) is 0 Å². The SMILES string of the molecule is N#Cc1ccc(CNS(=O)(=O)c2cccs2)c(F)c1. The monoisotopic (exact) mass is 296 g/mol. The third kappa shape index (κ3) is 3.17. The van der Waals surface area contributed by atoms with Gasteiger partial charge in [-0.1, -0.05) is 12.1 Å². The summed E-state index contributed by atoms with van der Waals surface area (Å²) < 4.78 is 39.7. The fraction of sp³-hybridized carbons (Fsp3) is 0.0833. The Morgan fingerprint density at radius 2 is 2.16 bits per heavy atom. The van der Waals surface area contributed by atoms with Gasteiger partial charge in [0, 0.05) is 12.1 Å². The van der Waals surface area contributed by atoms with Crippen molar-refractivity contribution < 1.29 is 12.8 Å². The Morgan fingerprint density at radius 1 is 1.37 bits per heavy atom. The molecule has 1 heterocycles. The first-order chi connectivity index (χ1) is 9.03. The largest absolute Gasteiger partial charge is 0.250 e. The van der Waals surface area contributed by atoms with E-state index >= 15 is 0 Å². The van der Waals surface area contributed by atoms with Crippen LogP contribution < -0.4 is 4.72 Å². The van der Waals surface area contributed by atoms with E-state index in [4.69, 9.17) is 5.26 Å². The summed E-state index contributed by atoms with van der Waals surface area (Å²) in [5.41, 5.74) is 0.390. The van der Waals surface area contributed by atoms with Crippen molar-refractivity contribution in [2.75, 3.05) is 0 Å². The van der Waals surface area contributed by atoms with E-state index in [0.717, 1.165) is 17.4 Å². The van der Waals surface area contributed by atoms with Crippen LogP contribution >= 0.6 is 11.3 Å². The van der Waals surface area contributed by atoms with Gasteiger partial charge in [-0.3, -0.25) is 0 Å². The van der Waals surface area contributed by atoms with E-state index in [-0.39, 0.29) is 21.9 Å². The molecule has 0 aliphatic heterocycles. The third-order valence-electron chi connectivity index (χ3n) is 2.39. The molecule has 1 aromatic carbocycles. The number of rotatable bonds is 4. The third-order valence-corrected chi connectivity index (χ3v) is 5.19. The maximum absolute atomic E-state index is 13.6. The van der Waals surface area contributed by atoms with Gasteiger partial charge in [0.25, 0.3) is 0 Å². The number of benzene rings is 1. The van der Waals surface area contributed by atoms with Gasteiger partial charge in [0.15, 0.2) is 0 Å². The molecule has 0 saturated carbocycles. The van der Waals surface area contributed by atoms with Crippen LogP contribution in [0.1, 0.15) is 11.1 Å². The lowest BCUT2D eigenvalue weighted by Crippen LogP contribution is -2.22. The highest BCUT2D eigenvalue weighted by Crippen LogP contribution is 2.16. The van der Waals surface area contributed by atoms with Gasteiger partial charge in [-0.15, -0.1) is 11.3 Å². The van der Waals surface area contributed by atoms with Crippen molar-refractivity contribution in [1.29, 1.82) is 5.26 Å². The first-order valence-electron chi connectivity index (χ1n) is 5.24. The number of sulfonamides is 1. The van der Waals surface area contributed by atoms with E-state index in [1.165, 1.54) is 18.2 Å². The van der Waals surface area contributed by atoms with Crippen LogP contribution in [0.4, 0.5) is 4.39 Å². The lowest BCUT2D eigenvalue weighted by atomic mass is 10.1. The number of thiophene rings is 1. The molecule has 0 unspecified atom stereocenters. The minimum Gasteiger partial charge on any atom is -0.207 e. The maximum atomic E-state index is 13.6. The van der Waals surface area contributed by atoms with E-state index in [1.807, 2.05) is 6.07 Å². The molecule has 98 valence electrons. The number of nitrogens with zero attached hydrogens (tertiary/aromatic N) is 1. The Morgan fingerprint density at radius 3 is 2.74 bits per heavy atom. The van der Waals surface area contributed by atoms with Crippen molar-refractivity contribution in [2.24, 2.45) is 0 Å². The molecule has 2 rings (SSSR count). The molecule has 0 spiro atoms. The van der Waals surface area contributed by atoms with Crippen LogP contribution in [0.2, 0.25) is 0 Å². The van der Waals surface area contributed by atoms with E-state index in [2.05, 4.69) is 4.72 Å². The molecule has 1 aromatic heterocycles. The van der Waals surface area contributed by atoms with E-state index in [1.54, 1.807) is 11.4 Å². The highest BCUT2D eigenvalue weighted by Gasteiger charge is 2.15. The molecular formula is C12H9FN2O2S2. The second-order valence-corrected chi connectivity index (χ2v) is 6.62. The molecule has 0 atom stereocenters. The molecule has 0 aliphatic carbocycles. The molecule has 0 fully saturated rings. The Bertz CT molecular complexity index is 719. The minimum absolute atomic E-state index is 0.155. The normalized spacial score (nSPS) is 11.2. The molecule has 0 aliphatic rings. The van der Waals surface area contributed by atoms with Gasteiger partial charge in [0.2, 0.25) is 10.0 Å². The van der Waals surface area contributed by atoms with Gasteiger partial charge in [-0.25, -0.2) is 17.5 Å². The summed E-state index contributed by atoms with van der Waals surface area (Å²) in [6, 6.07) is 8.83. The van der Waals surface area contributed by atoms with E-state index in [0.29, 0.717) is 0 Å². The van der Waals surface area contributed by atoms with Gasteiger partial charge >= 0.3 is 0 Å². The molecule has 0 saturated heterocycles. The van der Waals surface area contributed by atoms with Gasteiger partial charge in [0.05, 0.1) is 11.6 Å². The average molecular weight is 296 g/mol. The lowest BCUT2D eigenvalue weighted by molar-refractivity contribution is 0.576. The fourth-order valence-corrected chi connectivity index (χ4v) is 3.46. The smallest absolute Gasteiger partial charge is 0.207 e. The second-order valence-electron chi connectivity index (χ2n) is 3.67.